The van der Waals surface area contributed by atoms with Crippen molar-refractivity contribution in [2.45, 2.75) is 26.0 Å². The Morgan fingerprint density at radius 2 is 2.43 bits per heavy atom. The molecular formula is C10H15FN2O. The SMILES string of the molecule is CC[C@@H](O)CNCc1ncccc1F. The molecule has 3 nitrogen and oxygen atoms in total. The van der Waals surface area contributed by atoms with E-state index >= 15 is 0 Å². The predicted octanol–water partition coefficient (Wildman–Crippen LogP) is 1.08. The topological polar surface area (TPSA) is 45.1 Å². The van der Waals surface area contributed by atoms with E-state index in [0.29, 0.717) is 25.2 Å². The number of nitrogens with one attached hydrogen (secondary N) is 1. The quantitative estimate of drug-likeness (QED) is 0.744. The maximum absolute atomic E-state index is 13.0. The van der Waals surface area contributed by atoms with Gasteiger partial charge in [0.15, 0.2) is 0 Å². The zero-order chi connectivity index (χ0) is 10.4. The number of aliphatic hydroxyl groups is 1. The van der Waals surface area contributed by atoms with Gasteiger partial charge in [0.1, 0.15) is 5.82 Å². The number of aliphatic hydroxyl groups excluding tert-OH is 1. The molecule has 1 aromatic rings. The summed E-state index contributed by atoms with van der Waals surface area (Å²) in [5, 5.41) is 12.2. The molecule has 78 valence electrons. The average Bonchev–Trinajstić information content (AvgIpc) is 2.20. The molecule has 0 aromatic carbocycles. The molecule has 0 aliphatic heterocycles. The summed E-state index contributed by atoms with van der Waals surface area (Å²) in [6.45, 7) is 2.71. The van der Waals surface area contributed by atoms with Crippen molar-refractivity contribution in [1.29, 1.82) is 0 Å². The predicted molar refractivity (Wildman–Crippen MR) is 52.2 cm³/mol. The van der Waals surface area contributed by atoms with Crippen molar-refractivity contribution in [3.8, 4) is 0 Å². The monoisotopic (exact) mass is 198 g/mol. The smallest absolute Gasteiger partial charge is 0.146 e. The second-order valence-electron chi connectivity index (χ2n) is 3.12. The van der Waals surface area contributed by atoms with Crippen molar-refractivity contribution in [2.75, 3.05) is 6.54 Å². The molecule has 0 aliphatic carbocycles. The molecule has 4 heteroatoms. The van der Waals surface area contributed by atoms with E-state index in [9.17, 15) is 9.50 Å². The highest BCUT2D eigenvalue weighted by atomic mass is 19.1. The Kier molecular flexibility index (Phi) is 4.49. The highest BCUT2D eigenvalue weighted by molar-refractivity contribution is 5.06. The molecule has 0 fully saturated rings. The number of hydrogen-bond acceptors (Lipinski definition) is 3. The van der Waals surface area contributed by atoms with Crippen molar-refractivity contribution in [3.05, 3.63) is 29.8 Å². The van der Waals surface area contributed by atoms with Crippen molar-refractivity contribution in [1.82, 2.24) is 10.3 Å². The van der Waals surface area contributed by atoms with Crippen LogP contribution in [-0.4, -0.2) is 22.7 Å². The molecule has 14 heavy (non-hydrogen) atoms. The molecule has 1 atom stereocenters. The minimum Gasteiger partial charge on any atom is -0.392 e. The third-order valence-electron chi connectivity index (χ3n) is 1.98. The average molecular weight is 198 g/mol. The van der Waals surface area contributed by atoms with Gasteiger partial charge in [-0.2, -0.15) is 0 Å². The Hall–Kier alpha value is -1.00. The first kappa shape index (κ1) is 11.1. The van der Waals surface area contributed by atoms with Gasteiger partial charge in [-0.1, -0.05) is 6.92 Å². The molecule has 1 aromatic heterocycles. The first-order chi connectivity index (χ1) is 6.74. The minimum absolute atomic E-state index is 0.314. The fourth-order valence-corrected chi connectivity index (χ4v) is 1.05. The highest BCUT2D eigenvalue weighted by Crippen LogP contribution is 2.01. The molecule has 0 unspecified atom stereocenters. The molecule has 0 saturated heterocycles. The number of hydrogen-bond donors (Lipinski definition) is 2. The van der Waals surface area contributed by atoms with Crippen molar-refractivity contribution >= 4 is 0 Å². The lowest BCUT2D eigenvalue weighted by atomic mass is 10.2. The van der Waals surface area contributed by atoms with Crippen molar-refractivity contribution < 1.29 is 9.50 Å². The summed E-state index contributed by atoms with van der Waals surface area (Å²) in [4.78, 5) is 3.88. The molecule has 1 rings (SSSR count). The summed E-state index contributed by atoms with van der Waals surface area (Å²) in [5.74, 6) is -0.314. The Bertz CT molecular complexity index is 281. The molecule has 1 heterocycles. The second kappa shape index (κ2) is 5.67. The first-order valence-corrected chi connectivity index (χ1v) is 4.72. The van der Waals surface area contributed by atoms with E-state index in [4.69, 9.17) is 0 Å². The summed E-state index contributed by atoms with van der Waals surface area (Å²) >= 11 is 0. The maximum Gasteiger partial charge on any atom is 0.146 e. The third-order valence-corrected chi connectivity index (χ3v) is 1.98. The summed E-state index contributed by atoms with van der Waals surface area (Å²) < 4.78 is 13.0. The van der Waals surface area contributed by atoms with Gasteiger partial charge in [0, 0.05) is 19.3 Å². The van der Waals surface area contributed by atoms with Crippen LogP contribution in [-0.2, 0) is 6.54 Å². The van der Waals surface area contributed by atoms with E-state index in [0.717, 1.165) is 0 Å². The molecular weight excluding hydrogens is 183 g/mol. The van der Waals surface area contributed by atoms with Gasteiger partial charge in [0.2, 0.25) is 0 Å². The van der Waals surface area contributed by atoms with Crippen molar-refractivity contribution in [3.63, 3.8) is 0 Å². The normalized spacial score (nSPS) is 12.8. The summed E-state index contributed by atoms with van der Waals surface area (Å²) in [6, 6.07) is 2.93. The summed E-state index contributed by atoms with van der Waals surface area (Å²) in [7, 11) is 0. The van der Waals surface area contributed by atoms with Crippen LogP contribution in [0.4, 0.5) is 4.39 Å². The standard InChI is InChI=1S/C10H15FN2O/c1-2-8(14)6-12-7-10-9(11)4-3-5-13-10/h3-5,8,12,14H,2,6-7H2,1H3/t8-/m1/s1. The highest BCUT2D eigenvalue weighted by Gasteiger charge is 2.03. The van der Waals surface area contributed by atoms with E-state index < -0.39 is 0 Å². The van der Waals surface area contributed by atoms with Gasteiger partial charge in [0.25, 0.3) is 0 Å². The maximum atomic E-state index is 13.0. The van der Waals surface area contributed by atoms with E-state index in [1.807, 2.05) is 6.92 Å². The van der Waals surface area contributed by atoms with E-state index in [1.54, 1.807) is 12.3 Å². The molecule has 2 N–H and O–H groups in total. The fraction of sp³-hybridized carbons (Fsp3) is 0.500. The molecule has 0 radical (unpaired) electrons. The van der Waals surface area contributed by atoms with Crippen LogP contribution in [0.25, 0.3) is 0 Å². The summed E-state index contributed by atoms with van der Waals surface area (Å²) in [5.41, 5.74) is 0.385. The van der Waals surface area contributed by atoms with Crippen LogP contribution in [0.2, 0.25) is 0 Å². The Labute approximate surface area is 83.0 Å². The first-order valence-electron chi connectivity index (χ1n) is 4.72. The molecule has 0 spiro atoms. The zero-order valence-electron chi connectivity index (χ0n) is 8.20. The zero-order valence-corrected chi connectivity index (χ0v) is 8.20. The fourth-order valence-electron chi connectivity index (χ4n) is 1.05. The van der Waals surface area contributed by atoms with Crippen LogP contribution in [0, 0.1) is 5.82 Å². The van der Waals surface area contributed by atoms with Gasteiger partial charge in [-0.05, 0) is 18.6 Å². The Morgan fingerprint density at radius 3 is 3.07 bits per heavy atom. The lowest BCUT2D eigenvalue weighted by Crippen LogP contribution is -2.26. The van der Waals surface area contributed by atoms with Crippen LogP contribution in [0.5, 0.6) is 0 Å². The second-order valence-corrected chi connectivity index (χ2v) is 3.12. The number of nitrogens with zero attached hydrogens (tertiary/aromatic N) is 1. The number of pyridine rings is 1. The van der Waals surface area contributed by atoms with Crippen LogP contribution in [0.15, 0.2) is 18.3 Å². The van der Waals surface area contributed by atoms with E-state index in [1.165, 1.54) is 6.07 Å². The van der Waals surface area contributed by atoms with Crippen LogP contribution < -0.4 is 5.32 Å². The Balaban J connectivity index is 2.35. The third kappa shape index (κ3) is 3.40. The summed E-state index contributed by atoms with van der Waals surface area (Å²) in [6.07, 6.45) is 1.87. The lowest BCUT2D eigenvalue weighted by Gasteiger charge is -2.08. The molecule has 0 aliphatic rings. The van der Waals surface area contributed by atoms with Crippen LogP contribution in [0.1, 0.15) is 19.0 Å². The van der Waals surface area contributed by atoms with Gasteiger partial charge in [-0.15, -0.1) is 0 Å². The number of halogens is 1. The number of aromatic nitrogens is 1. The van der Waals surface area contributed by atoms with Gasteiger partial charge in [0.05, 0.1) is 11.8 Å². The van der Waals surface area contributed by atoms with Crippen LogP contribution >= 0.6 is 0 Å². The van der Waals surface area contributed by atoms with Gasteiger partial charge < -0.3 is 10.4 Å². The van der Waals surface area contributed by atoms with E-state index in [-0.39, 0.29) is 11.9 Å². The van der Waals surface area contributed by atoms with Gasteiger partial charge >= 0.3 is 0 Å². The molecule has 0 saturated carbocycles. The number of rotatable bonds is 5. The van der Waals surface area contributed by atoms with Gasteiger partial charge in [-0.3, -0.25) is 4.98 Å². The van der Waals surface area contributed by atoms with Crippen LogP contribution in [0.3, 0.4) is 0 Å². The van der Waals surface area contributed by atoms with E-state index in [2.05, 4.69) is 10.3 Å². The largest absolute Gasteiger partial charge is 0.392 e. The Morgan fingerprint density at radius 1 is 1.64 bits per heavy atom. The molecule has 0 bridgehead atoms. The van der Waals surface area contributed by atoms with Gasteiger partial charge in [-0.25, -0.2) is 4.39 Å². The molecule has 0 amide bonds. The minimum atomic E-state index is -0.373. The van der Waals surface area contributed by atoms with Crippen molar-refractivity contribution in [2.24, 2.45) is 0 Å². The lowest BCUT2D eigenvalue weighted by molar-refractivity contribution is 0.167.